The summed E-state index contributed by atoms with van der Waals surface area (Å²) in [6.07, 6.45) is 1.66. The van der Waals surface area contributed by atoms with E-state index in [1.807, 2.05) is 43.3 Å². The summed E-state index contributed by atoms with van der Waals surface area (Å²) < 4.78 is 17.8. The van der Waals surface area contributed by atoms with Crippen molar-refractivity contribution in [3.05, 3.63) is 76.3 Å². The number of carboxylic acids is 1. The van der Waals surface area contributed by atoms with Gasteiger partial charge in [-0.3, -0.25) is 9.59 Å². The fraction of sp³-hybridized carbons (Fsp3) is 0.310. The first-order chi connectivity index (χ1) is 16.8. The van der Waals surface area contributed by atoms with E-state index in [1.165, 1.54) is 0 Å². The van der Waals surface area contributed by atoms with Crippen molar-refractivity contribution in [2.45, 2.75) is 51.2 Å². The Morgan fingerprint density at radius 1 is 1.09 bits per heavy atom. The van der Waals surface area contributed by atoms with Crippen molar-refractivity contribution in [3.8, 4) is 28.4 Å². The number of Topliss-reactive ketones (excluding diaryl/α,β-unsaturated/α-hetero) is 1. The molecule has 0 amide bonds. The maximum atomic E-state index is 13.0. The molecule has 1 unspecified atom stereocenters. The third-order valence-corrected chi connectivity index (χ3v) is 7.30. The van der Waals surface area contributed by atoms with Crippen LogP contribution in [0.25, 0.3) is 11.1 Å². The molecular weight excluding hydrogens is 444 g/mol. The van der Waals surface area contributed by atoms with Crippen LogP contribution in [0.2, 0.25) is 0 Å². The molecule has 1 aliphatic carbocycles. The molecule has 0 radical (unpaired) electrons. The van der Waals surface area contributed by atoms with E-state index in [4.69, 9.17) is 19.3 Å². The van der Waals surface area contributed by atoms with Gasteiger partial charge in [0, 0.05) is 17.5 Å². The van der Waals surface area contributed by atoms with Gasteiger partial charge in [0.2, 0.25) is 5.78 Å². The highest BCUT2D eigenvalue weighted by Gasteiger charge is 2.58. The number of aryl methyl sites for hydroxylation is 1. The van der Waals surface area contributed by atoms with Crippen molar-refractivity contribution in [3.63, 3.8) is 0 Å². The minimum Gasteiger partial charge on any atom is -0.492 e. The third-order valence-electron chi connectivity index (χ3n) is 7.30. The van der Waals surface area contributed by atoms with Crippen molar-refractivity contribution in [2.24, 2.45) is 0 Å². The Balaban J connectivity index is 1.22. The van der Waals surface area contributed by atoms with Crippen LogP contribution >= 0.6 is 0 Å². The molecule has 3 aliphatic rings. The van der Waals surface area contributed by atoms with Gasteiger partial charge in [-0.05, 0) is 72.7 Å². The molecule has 3 aromatic rings. The minimum absolute atomic E-state index is 0.0558. The molecule has 1 saturated carbocycles. The molecule has 1 atom stereocenters. The van der Waals surface area contributed by atoms with Gasteiger partial charge in [-0.1, -0.05) is 24.3 Å². The van der Waals surface area contributed by atoms with Crippen LogP contribution in [0.1, 0.15) is 57.8 Å². The largest absolute Gasteiger partial charge is 0.492 e. The summed E-state index contributed by atoms with van der Waals surface area (Å²) in [5, 5.41) is 9.08. The predicted octanol–water partition coefficient (Wildman–Crippen LogP) is 5.61. The summed E-state index contributed by atoms with van der Waals surface area (Å²) in [5.41, 5.74) is 6.21. The first-order valence-corrected chi connectivity index (χ1v) is 11.9. The van der Waals surface area contributed by atoms with Gasteiger partial charge in [0.05, 0.1) is 18.6 Å². The van der Waals surface area contributed by atoms with Gasteiger partial charge in [0.25, 0.3) is 0 Å². The number of rotatable bonds is 6. The Morgan fingerprint density at radius 2 is 1.91 bits per heavy atom. The lowest BCUT2D eigenvalue weighted by Gasteiger charge is -2.15. The number of hydrogen-bond donors (Lipinski definition) is 1. The topological polar surface area (TPSA) is 82.1 Å². The van der Waals surface area contributed by atoms with Crippen LogP contribution in [0.5, 0.6) is 17.2 Å². The SMILES string of the molecule is Cc1cc2c(c(C)c1-c1cccc(COc3ccc4c(c3)OCC4CC(=O)O)c1)C(=O)C1(CC1)O2. The second-order valence-electron chi connectivity index (χ2n) is 9.79. The average molecular weight is 471 g/mol. The Kier molecular flexibility index (Phi) is 4.88. The average Bonchev–Trinajstić information content (AvgIpc) is 3.42. The zero-order valence-electron chi connectivity index (χ0n) is 19.7. The molecule has 178 valence electrons. The van der Waals surface area contributed by atoms with Crippen molar-refractivity contribution in [1.29, 1.82) is 0 Å². The maximum Gasteiger partial charge on any atom is 0.304 e. The lowest BCUT2D eigenvalue weighted by atomic mass is 9.89. The monoisotopic (exact) mass is 470 g/mol. The van der Waals surface area contributed by atoms with E-state index in [1.54, 1.807) is 0 Å². The van der Waals surface area contributed by atoms with Crippen LogP contribution in [0.4, 0.5) is 0 Å². The van der Waals surface area contributed by atoms with Gasteiger partial charge in [0.15, 0.2) is 5.60 Å². The number of benzene rings is 3. The van der Waals surface area contributed by atoms with E-state index < -0.39 is 11.6 Å². The van der Waals surface area contributed by atoms with Crippen molar-refractivity contribution in [1.82, 2.24) is 0 Å². The van der Waals surface area contributed by atoms with Crippen LogP contribution in [0.15, 0.2) is 48.5 Å². The van der Waals surface area contributed by atoms with Gasteiger partial charge in [-0.15, -0.1) is 0 Å². The molecule has 6 heteroatoms. The molecule has 35 heavy (non-hydrogen) atoms. The summed E-state index contributed by atoms with van der Waals surface area (Å²) in [6.45, 7) is 4.81. The van der Waals surface area contributed by atoms with E-state index in [9.17, 15) is 9.59 Å². The Labute approximate surface area is 203 Å². The molecule has 1 spiro atoms. The number of hydrogen-bond acceptors (Lipinski definition) is 5. The maximum absolute atomic E-state index is 13.0. The molecule has 0 saturated heterocycles. The quantitative estimate of drug-likeness (QED) is 0.504. The van der Waals surface area contributed by atoms with Crippen molar-refractivity contribution in [2.75, 3.05) is 6.61 Å². The number of carbonyl (C=O) groups excluding carboxylic acids is 1. The number of carboxylic acid groups (broad SMARTS) is 1. The molecule has 1 fully saturated rings. The highest BCUT2D eigenvalue weighted by Crippen LogP contribution is 2.52. The second-order valence-corrected chi connectivity index (χ2v) is 9.79. The van der Waals surface area contributed by atoms with Crippen LogP contribution < -0.4 is 14.2 Å². The van der Waals surface area contributed by atoms with E-state index in [-0.39, 0.29) is 18.1 Å². The normalized spacial score (nSPS) is 18.6. The van der Waals surface area contributed by atoms with E-state index in [0.29, 0.717) is 24.7 Å². The number of fused-ring (bicyclic) bond motifs is 2. The fourth-order valence-corrected chi connectivity index (χ4v) is 5.39. The summed E-state index contributed by atoms with van der Waals surface area (Å²) in [4.78, 5) is 24.1. The highest BCUT2D eigenvalue weighted by atomic mass is 16.5. The summed E-state index contributed by atoms with van der Waals surface area (Å²) in [5.74, 6) is 1.24. The summed E-state index contributed by atoms with van der Waals surface area (Å²) in [6, 6.07) is 15.8. The van der Waals surface area contributed by atoms with Crippen LogP contribution in [-0.4, -0.2) is 29.1 Å². The third kappa shape index (κ3) is 3.64. The first-order valence-electron chi connectivity index (χ1n) is 11.9. The zero-order valence-corrected chi connectivity index (χ0v) is 19.7. The zero-order chi connectivity index (χ0) is 24.3. The van der Waals surface area contributed by atoms with Gasteiger partial charge in [-0.2, -0.15) is 0 Å². The fourth-order valence-electron chi connectivity index (χ4n) is 5.39. The number of ether oxygens (including phenoxy) is 3. The Hall–Kier alpha value is -3.80. The highest BCUT2D eigenvalue weighted by molar-refractivity contribution is 6.11. The van der Waals surface area contributed by atoms with E-state index >= 15 is 0 Å². The van der Waals surface area contributed by atoms with E-state index in [0.717, 1.165) is 57.5 Å². The van der Waals surface area contributed by atoms with Crippen LogP contribution in [0.3, 0.4) is 0 Å². The number of ketones is 1. The number of aliphatic carboxylic acids is 1. The minimum atomic E-state index is -0.829. The molecule has 1 N–H and O–H groups in total. The standard InChI is InChI=1S/C29H26O6/c1-16-10-24-27(28(32)29(35-24)8-9-29)17(2)26(16)19-5-3-4-18(11-19)14-33-21-6-7-22-20(12-25(30)31)15-34-23(22)13-21/h3-7,10-11,13,20H,8-9,12,14-15H2,1-2H3,(H,30,31). The smallest absolute Gasteiger partial charge is 0.304 e. The first kappa shape index (κ1) is 21.7. The molecular formula is C29H26O6. The Morgan fingerprint density at radius 3 is 2.69 bits per heavy atom. The van der Waals surface area contributed by atoms with Gasteiger partial charge < -0.3 is 19.3 Å². The molecule has 6 nitrogen and oxygen atoms in total. The molecule has 6 rings (SSSR count). The molecule has 3 aromatic carbocycles. The Bertz CT molecular complexity index is 1380. The van der Waals surface area contributed by atoms with Gasteiger partial charge in [-0.25, -0.2) is 0 Å². The molecule has 0 aromatic heterocycles. The van der Waals surface area contributed by atoms with E-state index in [2.05, 4.69) is 19.1 Å². The van der Waals surface area contributed by atoms with Crippen molar-refractivity contribution >= 4 is 11.8 Å². The molecule has 0 bridgehead atoms. The number of carbonyl (C=O) groups is 2. The second kappa shape index (κ2) is 7.87. The molecule has 2 heterocycles. The molecule has 2 aliphatic heterocycles. The van der Waals surface area contributed by atoms with Gasteiger partial charge >= 0.3 is 5.97 Å². The van der Waals surface area contributed by atoms with Gasteiger partial charge in [0.1, 0.15) is 23.9 Å². The lowest BCUT2D eigenvalue weighted by Crippen LogP contribution is -2.22. The summed E-state index contributed by atoms with van der Waals surface area (Å²) in [7, 11) is 0. The lowest BCUT2D eigenvalue weighted by molar-refractivity contribution is -0.137. The van der Waals surface area contributed by atoms with Crippen molar-refractivity contribution < 1.29 is 28.9 Å². The van der Waals surface area contributed by atoms with Crippen LogP contribution in [-0.2, 0) is 11.4 Å². The predicted molar refractivity (Wildman–Crippen MR) is 130 cm³/mol. The van der Waals surface area contributed by atoms with Crippen LogP contribution in [0, 0.1) is 13.8 Å². The summed E-state index contributed by atoms with van der Waals surface area (Å²) >= 11 is 0.